The van der Waals surface area contributed by atoms with E-state index in [1.807, 2.05) is 18.2 Å². The van der Waals surface area contributed by atoms with Crippen LogP contribution in [0.2, 0.25) is 0 Å². The lowest BCUT2D eigenvalue weighted by Gasteiger charge is -2.25. The molecule has 84 valence electrons. The molecular formula is C14H16O2. The number of fused-ring (bicyclic) bond motifs is 1. The van der Waals surface area contributed by atoms with E-state index in [0.717, 1.165) is 24.0 Å². The van der Waals surface area contributed by atoms with E-state index < -0.39 is 5.97 Å². The third-order valence-electron chi connectivity index (χ3n) is 3.29. The summed E-state index contributed by atoms with van der Waals surface area (Å²) >= 11 is 0. The standard InChI is InChI=1S/C14H16O2/c1-14(2)9-4-3-6-10-11(13(15)16)7-5-8-12(10)14/h3,5-8H,4,9H2,1-2H3,(H,15,16). The first-order valence-corrected chi connectivity index (χ1v) is 5.56. The molecule has 1 aromatic carbocycles. The maximum atomic E-state index is 11.2. The monoisotopic (exact) mass is 216 g/mol. The molecule has 0 atom stereocenters. The van der Waals surface area contributed by atoms with Crippen LogP contribution in [-0.2, 0) is 5.41 Å². The number of allylic oxidation sites excluding steroid dienone is 1. The van der Waals surface area contributed by atoms with Crippen LogP contribution in [0.25, 0.3) is 6.08 Å². The van der Waals surface area contributed by atoms with Crippen LogP contribution in [0.5, 0.6) is 0 Å². The third-order valence-corrected chi connectivity index (χ3v) is 3.29. The van der Waals surface area contributed by atoms with Gasteiger partial charge in [-0.25, -0.2) is 4.79 Å². The number of aromatic carboxylic acids is 1. The normalized spacial score (nSPS) is 17.6. The van der Waals surface area contributed by atoms with Crippen molar-refractivity contribution >= 4 is 12.0 Å². The predicted octanol–water partition coefficient (Wildman–Crippen LogP) is 3.47. The maximum Gasteiger partial charge on any atom is 0.336 e. The van der Waals surface area contributed by atoms with Crippen LogP contribution < -0.4 is 0 Å². The molecule has 0 saturated carbocycles. The Morgan fingerprint density at radius 1 is 1.38 bits per heavy atom. The van der Waals surface area contributed by atoms with Crippen molar-refractivity contribution in [3.63, 3.8) is 0 Å². The fraction of sp³-hybridized carbons (Fsp3) is 0.357. The molecule has 0 heterocycles. The number of hydrogen-bond acceptors (Lipinski definition) is 1. The van der Waals surface area contributed by atoms with Crippen LogP contribution in [-0.4, -0.2) is 11.1 Å². The lowest BCUT2D eigenvalue weighted by atomic mass is 9.78. The van der Waals surface area contributed by atoms with Crippen LogP contribution in [0.1, 0.15) is 48.2 Å². The highest BCUT2D eigenvalue weighted by Crippen LogP contribution is 2.35. The van der Waals surface area contributed by atoms with E-state index in [2.05, 4.69) is 19.9 Å². The van der Waals surface area contributed by atoms with Gasteiger partial charge in [-0.15, -0.1) is 0 Å². The highest BCUT2D eigenvalue weighted by atomic mass is 16.4. The maximum absolute atomic E-state index is 11.2. The minimum absolute atomic E-state index is 0.0459. The predicted molar refractivity (Wildman–Crippen MR) is 64.7 cm³/mol. The van der Waals surface area contributed by atoms with Crippen LogP contribution in [0.4, 0.5) is 0 Å². The molecule has 2 nitrogen and oxygen atoms in total. The molecule has 2 rings (SSSR count). The first-order chi connectivity index (χ1) is 7.52. The molecule has 0 spiro atoms. The summed E-state index contributed by atoms with van der Waals surface area (Å²) in [6.45, 7) is 4.34. The molecule has 1 aliphatic rings. The summed E-state index contributed by atoms with van der Waals surface area (Å²) in [5, 5.41) is 9.17. The van der Waals surface area contributed by atoms with Gasteiger partial charge < -0.3 is 5.11 Å². The summed E-state index contributed by atoms with van der Waals surface area (Å²) in [5.41, 5.74) is 2.46. The number of carbonyl (C=O) groups is 1. The van der Waals surface area contributed by atoms with Crippen molar-refractivity contribution in [1.82, 2.24) is 0 Å². The summed E-state index contributed by atoms with van der Waals surface area (Å²) < 4.78 is 0. The minimum Gasteiger partial charge on any atom is -0.478 e. The van der Waals surface area contributed by atoms with Crippen molar-refractivity contribution in [1.29, 1.82) is 0 Å². The Hall–Kier alpha value is -1.57. The molecular weight excluding hydrogens is 200 g/mol. The van der Waals surface area contributed by atoms with E-state index in [0.29, 0.717) is 5.56 Å². The van der Waals surface area contributed by atoms with Gasteiger partial charge in [0.1, 0.15) is 0 Å². The van der Waals surface area contributed by atoms with E-state index in [-0.39, 0.29) is 5.41 Å². The summed E-state index contributed by atoms with van der Waals surface area (Å²) in [6.07, 6.45) is 6.08. The van der Waals surface area contributed by atoms with Gasteiger partial charge in [0, 0.05) is 0 Å². The average Bonchev–Trinajstić information content (AvgIpc) is 2.37. The zero-order valence-corrected chi connectivity index (χ0v) is 9.66. The molecule has 0 aromatic heterocycles. The van der Waals surface area contributed by atoms with Gasteiger partial charge in [-0.3, -0.25) is 0 Å². The molecule has 0 unspecified atom stereocenters. The Kier molecular flexibility index (Phi) is 2.58. The fourth-order valence-corrected chi connectivity index (χ4v) is 2.30. The van der Waals surface area contributed by atoms with E-state index in [9.17, 15) is 4.79 Å². The van der Waals surface area contributed by atoms with Crippen molar-refractivity contribution < 1.29 is 9.90 Å². The van der Waals surface area contributed by atoms with Crippen molar-refractivity contribution in [2.45, 2.75) is 32.1 Å². The smallest absolute Gasteiger partial charge is 0.336 e. The summed E-state index contributed by atoms with van der Waals surface area (Å²) in [7, 11) is 0. The number of carboxylic acid groups (broad SMARTS) is 1. The molecule has 2 heteroatoms. The molecule has 1 N–H and O–H groups in total. The Bertz CT molecular complexity index is 456. The van der Waals surface area contributed by atoms with E-state index in [1.54, 1.807) is 6.07 Å². The molecule has 0 aliphatic heterocycles. The summed E-state index contributed by atoms with van der Waals surface area (Å²) in [5.74, 6) is -0.848. The van der Waals surface area contributed by atoms with Crippen LogP contribution in [0.3, 0.4) is 0 Å². The fourth-order valence-electron chi connectivity index (χ4n) is 2.30. The second-order valence-electron chi connectivity index (χ2n) is 4.90. The van der Waals surface area contributed by atoms with Crippen molar-refractivity contribution in [3.05, 3.63) is 41.0 Å². The van der Waals surface area contributed by atoms with Gasteiger partial charge >= 0.3 is 5.97 Å². The molecule has 0 amide bonds. The number of rotatable bonds is 1. The Balaban J connectivity index is 2.68. The Morgan fingerprint density at radius 2 is 2.12 bits per heavy atom. The topological polar surface area (TPSA) is 37.3 Å². The molecule has 1 aromatic rings. The van der Waals surface area contributed by atoms with Gasteiger partial charge in [0.15, 0.2) is 0 Å². The van der Waals surface area contributed by atoms with E-state index in [4.69, 9.17) is 5.11 Å². The number of benzene rings is 1. The van der Waals surface area contributed by atoms with Crippen LogP contribution in [0, 0.1) is 0 Å². The van der Waals surface area contributed by atoms with Crippen molar-refractivity contribution in [3.8, 4) is 0 Å². The third kappa shape index (κ3) is 1.75. The second kappa shape index (κ2) is 3.78. The first-order valence-electron chi connectivity index (χ1n) is 5.56. The Labute approximate surface area is 95.6 Å². The van der Waals surface area contributed by atoms with Gasteiger partial charge in [-0.05, 0) is 35.4 Å². The molecule has 16 heavy (non-hydrogen) atoms. The van der Waals surface area contributed by atoms with Gasteiger partial charge in [-0.1, -0.05) is 38.1 Å². The number of hydrogen-bond donors (Lipinski definition) is 1. The highest BCUT2D eigenvalue weighted by Gasteiger charge is 2.26. The number of carboxylic acids is 1. The molecule has 0 radical (unpaired) electrons. The van der Waals surface area contributed by atoms with Gasteiger partial charge in [0.25, 0.3) is 0 Å². The van der Waals surface area contributed by atoms with Crippen molar-refractivity contribution in [2.24, 2.45) is 0 Å². The van der Waals surface area contributed by atoms with E-state index >= 15 is 0 Å². The van der Waals surface area contributed by atoms with Gasteiger partial charge in [-0.2, -0.15) is 0 Å². The zero-order chi connectivity index (χ0) is 11.8. The quantitative estimate of drug-likeness (QED) is 0.780. The van der Waals surface area contributed by atoms with E-state index in [1.165, 1.54) is 0 Å². The first kappa shape index (κ1) is 10.9. The van der Waals surface area contributed by atoms with Gasteiger partial charge in [0.2, 0.25) is 0 Å². The highest BCUT2D eigenvalue weighted by molar-refractivity contribution is 5.93. The lowest BCUT2D eigenvalue weighted by molar-refractivity contribution is 0.0696. The lowest BCUT2D eigenvalue weighted by Crippen LogP contribution is -2.18. The zero-order valence-electron chi connectivity index (χ0n) is 9.66. The largest absolute Gasteiger partial charge is 0.478 e. The van der Waals surface area contributed by atoms with Crippen molar-refractivity contribution in [2.75, 3.05) is 0 Å². The molecule has 0 bridgehead atoms. The summed E-state index contributed by atoms with van der Waals surface area (Å²) in [4.78, 5) is 11.2. The van der Waals surface area contributed by atoms with Gasteiger partial charge in [0.05, 0.1) is 5.56 Å². The Morgan fingerprint density at radius 3 is 2.81 bits per heavy atom. The summed E-state index contributed by atoms with van der Waals surface area (Å²) in [6, 6.07) is 5.55. The van der Waals surface area contributed by atoms with Crippen LogP contribution >= 0.6 is 0 Å². The second-order valence-corrected chi connectivity index (χ2v) is 4.90. The molecule has 0 fully saturated rings. The SMILES string of the molecule is CC1(C)CCC=Cc2c(C(=O)O)cccc21. The average molecular weight is 216 g/mol. The van der Waals surface area contributed by atoms with Crippen LogP contribution in [0.15, 0.2) is 24.3 Å². The minimum atomic E-state index is -0.848. The molecule has 0 saturated heterocycles. The molecule has 1 aliphatic carbocycles.